The van der Waals surface area contributed by atoms with Gasteiger partial charge in [0, 0.05) is 20.3 Å². The Labute approximate surface area is 78.4 Å². The molecule has 2 N–H and O–H groups in total. The molecular formula is C7H11N3O4. The molecule has 1 rings (SSSR count). The molecule has 0 atom stereocenters. The van der Waals surface area contributed by atoms with Gasteiger partial charge >= 0.3 is 17.1 Å². The van der Waals surface area contributed by atoms with E-state index in [0.717, 1.165) is 4.57 Å². The summed E-state index contributed by atoms with van der Waals surface area (Å²) in [7, 11) is 1.53. The molecule has 0 fully saturated rings. The predicted octanol–water partition coefficient (Wildman–Crippen LogP) is -1.74. The largest absolute Gasteiger partial charge is 0.385 e. The summed E-state index contributed by atoms with van der Waals surface area (Å²) >= 11 is 0. The molecule has 0 spiro atoms. The second kappa shape index (κ2) is 4.56. The molecule has 78 valence electrons. The maximum Gasteiger partial charge on any atom is 0.333 e. The molecular weight excluding hydrogens is 190 g/mol. The summed E-state index contributed by atoms with van der Waals surface area (Å²) in [6.07, 6.45) is 0.533. The summed E-state index contributed by atoms with van der Waals surface area (Å²) in [5.74, 6) is 0. The van der Waals surface area contributed by atoms with Crippen LogP contribution in [0.4, 0.5) is 0 Å². The molecule has 0 aliphatic rings. The van der Waals surface area contributed by atoms with Gasteiger partial charge in [-0.3, -0.25) is 9.97 Å². The van der Waals surface area contributed by atoms with Gasteiger partial charge in [0.25, 0.3) is 0 Å². The second-order valence-electron chi connectivity index (χ2n) is 2.69. The van der Waals surface area contributed by atoms with Crippen molar-refractivity contribution in [1.82, 2.24) is 14.5 Å². The minimum atomic E-state index is -0.789. The smallest absolute Gasteiger partial charge is 0.333 e. The molecule has 0 aliphatic heterocycles. The Hall–Kier alpha value is -1.63. The van der Waals surface area contributed by atoms with Gasteiger partial charge in [-0.25, -0.2) is 19.0 Å². The highest BCUT2D eigenvalue weighted by Crippen LogP contribution is 1.81. The molecule has 0 aliphatic carbocycles. The van der Waals surface area contributed by atoms with Gasteiger partial charge in [0.15, 0.2) is 0 Å². The van der Waals surface area contributed by atoms with Crippen molar-refractivity contribution in [2.45, 2.75) is 13.0 Å². The first kappa shape index (κ1) is 10.5. The Morgan fingerprint density at radius 2 is 1.79 bits per heavy atom. The highest BCUT2D eigenvalue weighted by molar-refractivity contribution is 4.68. The third-order valence-corrected chi connectivity index (χ3v) is 1.66. The van der Waals surface area contributed by atoms with Crippen LogP contribution in [0.1, 0.15) is 6.42 Å². The Morgan fingerprint density at radius 3 is 2.29 bits per heavy atom. The predicted molar refractivity (Wildman–Crippen MR) is 48.4 cm³/mol. The molecule has 1 aromatic heterocycles. The van der Waals surface area contributed by atoms with Crippen molar-refractivity contribution in [2.24, 2.45) is 0 Å². The van der Waals surface area contributed by atoms with Gasteiger partial charge in [0.2, 0.25) is 0 Å². The first-order valence-corrected chi connectivity index (χ1v) is 4.07. The summed E-state index contributed by atoms with van der Waals surface area (Å²) < 4.78 is 5.68. The maximum absolute atomic E-state index is 11.1. The number of methoxy groups -OCH3 is 1. The summed E-state index contributed by atoms with van der Waals surface area (Å²) in [5.41, 5.74) is -2.19. The van der Waals surface area contributed by atoms with Gasteiger partial charge in [-0.2, -0.15) is 0 Å². The van der Waals surface area contributed by atoms with Crippen molar-refractivity contribution in [2.75, 3.05) is 13.7 Å². The Bertz CT molecular complexity index is 421. The maximum atomic E-state index is 11.1. The molecule has 1 aromatic rings. The molecule has 1 heterocycles. The lowest BCUT2D eigenvalue weighted by atomic mass is 10.4. The lowest BCUT2D eigenvalue weighted by Gasteiger charge is -2.01. The van der Waals surface area contributed by atoms with E-state index >= 15 is 0 Å². The Kier molecular flexibility index (Phi) is 3.41. The number of aromatic amines is 2. The number of hydrogen-bond donors (Lipinski definition) is 2. The topological polar surface area (TPSA) is 96.9 Å². The quantitative estimate of drug-likeness (QED) is 0.565. The van der Waals surface area contributed by atoms with Gasteiger partial charge in [0.05, 0.1) is 0 Å². The molecule has 14 heavy (non-hydrogen) atoms. The van der Waals surface area contributed by atoms with Crippen LogP contribution in [0.2, 0.25) is 0 Å². The standard InChI is InChI=1S/C7H11N3O4/c1-14-4-2-3-10-6(12)8-5(11)9-7(10)13/h2-4H2,1H3,(H2,8,9,11,12,13). The number of aromatic nitrogens is 3. The SMILES string of the molecule is COCCCn1c(=O)[nH]c(=O)[nH]c1=O. The van der Waals surface area contributed by atoms with E-state index in [1.165, 1.54) is 7.11 Å². The monoisotopic (exact) mass is 201 g/mol. The van der Waals surface area contributed by atoms with Crippen LogP contribution in [-0.2, 0) is 11.3 Å². The van der Waals surface area contributed by atoms with Crippen LogP contribution < -0.4 is 17.1 Å². The highest BCUT2D eigenvalue weighted by Gasteiger charge is 2.01. The molecule has 0 amide bonds. The molecule has 7 heteroatoms. The average Bonchev–Trinajstić information content (AvgIpc) is 2.09. The van der Waals surface area contributed by atoms with E-state index in [2.05, 4.69) is 0 Å². The number of rotatable bonds is 4. The third kappa shape index (κ3) is 2.43. The van der Waals surface area contributed by atoms with Gasteiger partial charge in [-0.15, -0.1) is 0 Å². The van der Waals surface area contributed by atoms with E-state index in [1.54, 1.807) is 0 Å². The first-order chi connectivity index (χ1) is 6.65. The molecule has 0 bridgehead atoms. The molecule has 0 saturated heterocycles. The number of nitrogens with zero attached hydrogens (tertiary/aromatic N) is 1. The van der Waals surface area contributed by atoms with Crippen molar-refractivity contribution in [3.05, 3.63) is 31.5 Å². The zero-order chi connectivity index (χ0) is 10.6. The third-order valence-electron chi connectivity index (χ3n) is 1.66. The minimum absolute atomic E-state index is 0.221. The number of hydrogen-bond acceptors (Lipinski definition) is 4. The van der Waals surface area contributed by atoms with Crippen LogP contribution in [0.5, 0.6) is 0 Å². The Morgan fingerprint density at radius 1 is 1.21 bits per heavy atom. The van der Waals surface area contributed by atoms with Crippen molar-refractivity contribution < 1.29 is 4.74 Å². The number of nitrogens with one attached hydrogen (secondary N) is 2. The van der Waals surface area contributed by atoms with Crippen LogP contribution >= 0.6 is 0 Å². The highest BCUT2D eigenvalue weighted by atomic mass is 16.5. The van der Waals surface area contributed by atoms with Crippen molar-refractivity contribution in [1.29, 1.82) is 0 Å². The van der Waals surface area contributed by atoms with E-state index in [1.807, 2.05) is 9.97 Å². The average molecular weight is 201 g/mol. The van der Waals surface area contributed by atoms with Crippen molar-refractivity contribution >= 4 is 0 Å². The fraction of sp³-hybridized carbons (Fsp3) is 0.571. The summed E-state index contributed by atoms with van der Waals surface area (Å²) in [6, 6.07) is 0. The molecule has 0 saturated carbocycles. The van der Waals surface area contributed by atoms with E-state index < -0.39 is 17.1 Å². The van der Waals surface area contributed by atoms with Crippen LogP contribution in [0, 0.1) is 0 Å². The Balaban J connectivity index is 2.93. The van der Waals surface area contributed by atoms with Gasteiger partial charge in [0.1, 0.15) is 0 Å². The van der Waals surface area contributed by atoms with Gasteiger partial charge < -0.3 is 4.74 Å². The molecule has 0 aromatic carbocycles. The number of H-pyrrole nitrogens is 2. The van der Waals surface area contributed by atoms with Gasteiger partial charge in [-0.05, 0) is 6.42 Å². The van der Waals surface area contributed by atoms with Crippen molar-refractivity contribution in [3.8, 4) is 0 Å². The van der Waals surface area contributed by atoms with E-state index in [9.17, 15) is 14.4 Å². The lowest BCUT2D eigenvalue weighted by molar-refractivity contribution is 0.189. The molecule has 0 unspecified atom stereocenters. The van der Waals surface area contributed by atoms with Gasteiger partial charge in [-0.1, -0.05) is 0 Å². The van der Waals surface area contributed by atoms with E-state index in [4.69, 9.17) is 4.74 Å². The summed E-state index contributed by atoms with van der Waals surface area (Å²) in [6.45, 7) is 0.670. The fourth-order valence-electron chi connectivity index (χ4n) is 1.02. The summed E-state index contributed by atoms with van der Waals surface area (Å²) in [4.78, 5) is 36.8. The zero-order valence-electron chi connectivity index (χ0n) is 7.70. The fourth-order valence-corrected chi connectivity index (χ4v) is 1.02. The summed E-state index contributed by atoms with van der Waals surface area (Å²) in [5, 5.41) is 0. The second-order valence-corrected chi connectivity index (χ2v) is 2.69. The zero-order valence-corrected chi connectivity index (χ0v) is 7.70. The van der Waals surface area contributed by atoms with Crippen LogP contribution in [0.15, 0.2) is 14.4 Å². The van der Waals surface area contributed by atoms with Crippen molar-refractivity contribution in [3.63, 3.8) is 0 Å². The van der Waals surface area contributed by atoms with E-state index in [0.29, 0.717) is 13.0 Å². The van der Waals surface area contributed by atoms with Crippen LogP contribution in [-0.4, -0.2) is 28.3 Å². The normalized spacial score (nSPS) is 10.4. The lowest BCUT2D eigenvalue weighted by Crippen LogP contribution is -2.43. The van der Waals surface area contributed by atoms with Crippen LogP contribution in [0.3, 0.4) is 0 Å². The first-order valence-electron chi connectivity index (χ1n) is 4.07. The van der Waals surface area contributed by atoms with E-state index in [-0.39, 0.29) is 6.54 Å². The number of ether oxygens (including phenoxy) is 1. The minimum Gasteiger partial charge on any atom is -0.385 e. The molecule has 0 radical (unpaired) electrons. The molecule has 7 nitrogen and oxygen atoms in total. The van der Waals surface area contributed by atoms with Crippen LogP contribution in [0.25, 0.3) is 0 Å².